The molecule has 2 aliphatic heterocycles. The van der Waals surface area contributed by atoms with Crippen LogP contribution in [0, 0.1) is 0 Å². The molecule has 0 radical (unpaired) electrons. The van der Waals surface area contributed by atoms with Crippen LogP contribution in [0.1, 0.15) is 37.3 Å². The number of rotatable bonds is 2. The standard InChI is InChI=1S/C14H19BrN2/c15-11-4-5-12(13-6-7-16-13)14(10-11)17-8-2-1-3-9-17/h4-5,10,13,16H,1-3,6-9H2. The van der Waals surface area contributed by atoms with Crippen LogP contribution in [-0.2, 0) is 0 Å². The zero-order chi connectivity index (χ0) is 11.7. The lowest BCUT2D eigenvalue weighted by Gasteiger charge is -2.36. The maximum atomic E-state index is 3.60. The molecule has 2 saturated heterocycles. The number of piperidine rings is 1. The van der Waals surface area contributed by atoms with Crippen molar-refractivity contribution in [3.8, 4) is 0 Å². The Labute approximate surface area is 112 Å². The van der Waals surface area contributed by atoms with Gasteiger partial charge in [0.1, 0.15) is 0 Å². The van der Waals surface area contributed by atoms with E-state index in [-0.39, 0.29) is 0 Å². The normalized spacial score (nSPS) is 24.5. The summed E-state index contributed by atoms with van der Waals surface area (Å²) in [7, 11) is 0. The third kappa shape index (κ3) is 2.36. The molecule has 1 aromatic carbocycles. The Morgan fingerprint density at radius 1 is 1.18 bits per heavy atom. The fraction of sp³-hybridized carbons (Fsp3) is 0.571. The van der Waals surface area contributed by atoms with Crippen molar-refractivity contribution < 1.29 is 0 Å². The van der Waals surface area contributed by atoms with Gasteiger partial charge in [-0.25, -0.2) is 0 Å². The quantitative estimate of drug-likeness (QED) is 0.898. The van der Waals surface area contributed by atoms with Crippen molar-refractivity contribution in [3.63, 3.8) is 0 Å². The molecular formula is C14H19BrN2. The van der Waals surface area contributed by atoms with Crippen LogP contribution in [0.2, 0.25) is 0 Å². The second-order valence-electron chi connectivity index (χ2n) is 5.05. The fourth-order valence-electron chi connectivity index (χ4n) is 2.77. The van der Waals surface area contributed by atoms with Gasteiger partial charge in [0.2, 0.25) is 0 Å². The molecule has 1 unspecified atom stereocenters. The smallest absolute Gasteiger partial charge is 0.0426 e. The Kier molecular flexibility index (Phi) is 3.39. The van der Waals surface area contributed by atoms with Crippen molar-refractivity contribution in [1.29, 1.82) is 0 Å². The van der Waals surface area contributed by atoms with Gasteiger partial charge in [0.15, 0.2) is 0 Å². The van der Waals surface area contributed by atoms with E-state index in [2.05, 4.69) is 44.3 Å². The zero-order valence-corrected chi connectivity index (χ0v) is 11.7. The first-order chi connectivity index (χ1) is 8.34. The molecule has 3 rings (SSSR count). The van der Waals surface area contributed by atoms with Gasteiger partial charge in [-0.05, 0) is 49.9 Å². The molecule has 1 aromatic rings. The molecule has 0 amide bonds. The van der Waals surface area contributed by atoms with Crippen LogP contribution in [0.25, 0.3) is 0 Å². The highest BCUT2D eigenvalue weighted by Gasteiger charge is 2.24. The average molecular weight is 295 g/mol. The van der Waals surface area contributed by atoms with Gasteiger partial charge in [-0.15, -0.1) is 0 Å². The molecule has 0 aliphatic carbocycles. The van der Waals surface area contributed by atoms with E-state index < -0.39 is 0 Å². The molecule has 2 fully saturated rings. The molecule has 17 heavy (non-hydrogen) atoms. The van der Waals surface area contributed by atoms with Crippen LogP contribution in [0.4, 0.5) is 5.69 Å². The zero-order valence-electron chi connectivity index (χ0n) is 10.1. The van der Waals surface area contributed by atoms with E-state index in [4.69, 9.17) is 0 Å². The Bertz CT molecular complexity index is 395. The molecule has 2 aliphatic rings. The van der Waals surface area contributed by atoms with Crippen molar-refractivity contribution in [2.45, 2.75) is 31.7 Å². The molecule has 92 valence electrons. The topological polar surface area (TPSA) is 15.3 Å². The third-order valence-corrected chi connectivity index (χ3v) is 4.38. The largest absolute Gasteiger partial charge is 0.371 e. The number of halogens is 1. The molecule has 1 atom stereocenters. The number of benzene rings is 1. The minimum atomic E-state index is 0.583. The Balaban J connectivity index is 1.91. The van der Waals surface area contributed by atoms with Crippen LogP contribution in [0.5, 0.6) is 0 Å². The first kappa shape index (κ1) is 11.5. The lowest BCUT2D eigenvalue weighted by Crippen LogP contribution is -2.37. The third-order valence-electron chi connectivity index (χ3n) is 3.89. The number of anilines is 1. The molecule has 2 nitrogen and oxygen atoms in total. The summed E-state index contributed by atoms with van der Waals surface area (Å²) in [6, 6.07) is 7.33. The Hall–Kier alpha value is -0.540. The van der Waals surface area contributed by atoms with E-state index >= 15 is 0 Å². The minimum Gasteiger partial charge on any atom is -0.371 e. The van der Waals surface area contributed by atoms with Crippen LogP contribution < -0.4 is 10.2 Å². The summed E-state index contributed by atoms with van der Waals surface area (Å²) in [5, 5.41) is 3.52. The predicted molar refractivity (Wildman–Crippen MR) is 75.6 cm³/mol. The highest BCUT2D eigenvalue weighted by atomic mass is 79.9. The van der Waals surface area contributed by atoms with Gasteiger partial charge in [0.25, 0.3) is 0 Å². The van der Waals surface area contributed by atoms with Crippen LogP contribution >= 0.6 is 15.9 Å². The highest BCUT2D eigenvalue weighted by molar-refractivity contribution is 9.10. The molecular weight excluding hydrogens is 276 g/mol. The summed E-state index contributed by atoms with van der Waals surface area (Å²) in [6.45, 7) is 3.60. The van der Waals surface area contributed by atoms with Gasteiger partial charge in [0.05, 0.1) is 0 Å². The van der Waals surface area contributed by atoms with Crippen molar-refractivity contribution in [2.75, 3.05) is 24.5 Å². The van der Waals surface area contributed by atoms with E-state index in [1.54, 1.807) is 0 Å². The van der Waals surface area contributed by atoms with Gasteiger partial charge in [0, 0.05) is 29.3 Å². The maximum Gasteiger partial charge on any atom is 0.0426 e. The van der Waals surface area contributed by atoms with Gasteiger partial charge in [-0.1, -0.05) is 22.0 Å². The van der Waals surface area contributed by atoms with Crippen molar-refractivity contribution in [1.82, 2.24) is 5.32 Å². The van der Waals surface area contributed by atoms with Gasteiger partial charge >= 0.3 is 0 Å². The number of nitrogens with zero attached hydrogens (tertiary/aromatic N) is 1. The number of nitrogens with one attached hydrogen (secondary N) is 1. The van der Waals surface area contributed by atoms with E-state index in [9.17, 15) is 0 Å². The predicted octanol–water partition coefficient (Wildman–Crippen LogP) is 3.47. The average Bonchev–Trinajstić information content (AvgIpc) is 2.30. The van der Waals surface area contributed by atoms with Gasteiger partial charge < -0.3 is 10.2 Å². The van der Waals surface area contributed by atoms with Gasteiger partial charge in [-0.2, -0.15) is 0 Å². The summed E-state index contributed by atoms with van der Waals surface area (Å²) < 4.78 is 1.20. The van der Waals surface area contributed by atoms with E-state index in [0.717, 1.165) is 0 Å². The second kappa shape index (κ2) is 4.99. The molecule has 0 spiro atoms. The summed E-state index contributed by atoms with van der Waals surface area (Å²) in [5.74, 6) is 0. The van der Waals surface area contributed by atoms with Crippen LogP contribution in [0.3, 0.4) is 0 Å². The highest BCUT2D eigenvalue weighted by Crippen LogP contribution is 2.35. The first-order valence-corrected chi connectivity index (χ1v) is 7.42. The molecule has 0 bridgehead atoms. The second-order valence-corrected chi connectivity index (χ2v) is 5.96. The number of hydrogen-bond acceptors (Lipinski definition) is 2. The fourth-order valence-corrected chi connectivity index (χ4v) is 3.12. The molecule has 1 N–H and O–H groups in total. The summed E-state index contributed by atoms with van der Waals surface area (Å²) >= 11 is 3.60. The maximum absolute atomic E-state index is 3.60. The molecule has 0 saturated carbocycles. The molecule has 0 aromatic heterocycles. The summed E-state index contributed by atoms with van der Waals surface area (Å²) in [4.78, 5) is 2.56. The van der Waals surface area contributed by atoms with E-state index in [1.165, 1.54) is 61.0 Å². The number of hydrogen-bond donors (Lipinski definition) is 1. The SMILES string of the molecule is Brc1ccc(C2CCN2)c(N2CCCCC2)c1. The molecule has 3 heteroatoms. The first-order valence-electron chi connectivity index (χ1n) is 6.62. The summed E-state index contributed by atoms with van der Waals surface area (Å²) in [6.07, 6.45) is 5.35. The monoisotopic (exact) mass is 294 g/mol. The van der Waals surface area contributed by atoms with Crippen molar-refractivity contribution in [2.24, 2.45) is 0 Å². The Morgan fingerprint density at radius 3 is 2.59 bits per heavy atom. The van der Waals surface area contributed by atoms with Crippen LogP contribution in [0.15, 0.2) is 22.7 Å². The summed E-state index contributed by atoms with van der Waals surface area (Å²) in [5.41, 5.74) is 2.93. The Morgan fingerprint density at radius 2 is 1.94 bits per heavy atom. The van der Waals surface area contributed by atoms with E-state index in [0.29, 0.717) is 6.04 Å². The molecule has 2 heterocycles. The minimum absolute atomic E-state index is 0.583. The lowest BCUT2D eigenvalue weighted by atomic mass is 9.95. The van der Waals surface area contributed by atoms with Gasteiger partial charge in [-0.3, -0.25) is 0 Å². The van der Waals surface area contributed by atoms with E-state index in [1.807, 2.05) is 0 Å². The van der Waals surface area contributed by atoms with Crippen LogP contribution in [-0.4, -0.2) is 19.6 Å². The van der Waals surface area contributed by atoms with Crippen molar-refractivity contribution >= 4 is 21.6 Å². The lowest BCUT2D eigenvalue weighted by molar-refractivity contribution is 0.382. The van der Waals surface area contributed by atoms with Crippen molar-refractivity contribution in [3.05, 3.63) is 28.2 Å².